The zero-order chi connectivity index (χ0) is 13.5. The molecule has 4 nitrogen and oxygen atoms in total. The molecular formula is C14H20N2O2S. The highest BCUT2D eigenvalue weighted by atomic mass is 32.2. The molecule has 5 heteroatoms. The van der Waals surface area contributed by atoms with Gasteiger partial charge in [-0.15, -0.1) is 0 Å². The highest BCUT2D eigenvalue weighted by molar-refractivity contribution is 7.91. The van der Waals surface area contributed by atoms with Crippen molar-refractivity contribution in [2.45, 2.75) is 37.9 Å². The fraction of sp³-hybridized carbons (Fsp3) is 0.571. The van der Waals surface area contributed by atoms with Gasteiger partial charge in [-0.3, -0.25) is 4.90 Å². The summed E-state index contributed by atoms with van der Waals surface area (Å²) in [6.45, 7) is 0.815. The highest BCUT2D eigenvalue weighted by Crippen LogP contribution is 2.33. The molecule has 1 aromatic carbocycles. The molecule has 2 N–H and O–H groups in total. The summed E-state index contributed by atoms with van der Waals surface area (Å²) in [5.41, 5.74) is 7.76. The summed E-state index contributed by atoms with van der Waals surface area (Å²) in [6, 6.07) is 8.65. The van der Waals surface area contributed by atoms with Crippen molar-refractivity contribution in [3.63, 3.8) is 0 Å². The van der Waals surface area contributed by atoms with Gasteiger partial charge in [0.05, 0.1) is 11.5 Å². The third kappa shape index (κ3) is 3.09. The van der Waals surface area contributed by atoms with Crippen LogP contribution in [0.1, 0.15) is 24.8 Å². The molecule has 0 aromatic heterocycles. The Labute approximate surface area is 114 Å². The molecule has 0 bridgehead atoms. The fourth-order valence-electron chi connectivity index (χ4n) is 2.90. The van der Waals surface area contributed by atoms with E-state index in [1.165, 1.54) is 18.4 Å². The molecule has 0 spiro atoms. The Balaban J connectivity index is 1.75. The highest BCUT2D eigenvalue weighted by Gasteiger charge is 2.39. The molecule has 1 saturated heterocycles. The van der Waals surface area contributed by atoms with Crippen molar-refractivity contribution in [2.75, 3.05) is 17.2 Å². The van der Waals surface area contributed by atoms with Gasteiger partial charge in [0.15, 0.2) is 9.84 Å². The van der Waals surface area contributed by atoms with Gasteiger partial charge in [0.1, 0.15) is 0 Å². The summed E-state index contributed by atoms with van der Waals surface area (Å²) in [5, 5.41) is 0. The number of nitrogen functional groups attached to an aromatic ring is 1. The molecular weight excluding hydrogens is 260 g/mol. The van der Waals surface area contributed by atoms with Crippen LogP contribution in [0, 0.1) is 0 Å². The van der Waals surface area contributed by atoms with E-state index in [9.17, 15) is 8.42 Å². The number of hydrogen-bond acceptors (Lipinski definition) is 4. The van der Waals surface area contributed by atoms with Crippen LogP contribution in [0.2, 0.25) is 0 Å². The first-order valence-electron chi connectivity index (χ1n) is 6.84. The van der Waals surface area contributed by atoms with Gasteiger partial charge in [-0.2, -0.15) is 0 Å². The van der Waals surface area contributed by atoms with E-state index in [1.807, 2.05) is 18.2 Å². The molecule has 2 fully saturated rings. The Morgan fingerprint density at radius 2 is 2.00 bits per heavy atom. The average molecular weight is 280 g/mol. The second kappa shape index (κ2) is 4.80. The molecule has 3 rings (SSSR count). The topological polar surface area (TPSA) is 63.4 Å². The van der Waals surface area contributed by atoms with Gasteiger partial charge in [0, 0.05) is 24.3 Å². The van der Waals surface area contributed by atoms with E-state index in [4.69, 9.17) is 5.73 Å². The Bertz CT molecular complexity index is 567. The van der Waals surface area contributed by atoms with Crippen molar-refractivity contribution in [3.8, 4) is 0 Å². The molecule has 1 aliphatic carbocycles. The lowest BCUT2D eigenvalue weighted by atomic mass is 10.1. The minimum Gasteiger partial charge on any atom is -0.399 e. The van der Waals surface area contributed by atoms with Crippen LogP contribution in [-0.2, 0) is 16.4 Å². The Hall–Kier alpha value is -1.07. The first-order valence-corrected chi connectivity index (χ1v) is 8.66. The second-order valence-corrected chi connectivity index (χ2v) is 7.93. The third-order valence-corrected chi connectivity index (χ3v) is 5.76. The molecule has 1 saturated carbocycles. The van der Waals surface area contributed by atoms with Crippen molar-refractivity contribution in [3.05, 3.63) is 29.8 Å². The lowest BCUT2D eigenvalue weighted by Crippen LogP contribution is -2.37. The predicted molar refractivity (Wildman–Crippen MR) is 76.5 cm³/mol. The number of rotatable bonds is 4. The average Bonchev–Trinajstić information content (AvgIpc) is 3.11. The quantitative estimate of drug-likeness (QED) is 0.847. The minimum atomic E-state index is -2.81. The van der Waals surface area contributed by atoms with E-state index in [0.717, 1.165) is 18.7 Å². The van der Waals surface area contributed by atoms with Crippen LogP contribution in [0.5, 0.6) is 0 Å². The van der Waals surface area contributed by atoms with E-state index in [0.29, 0.717) is 17.5 Å². The van der Waals surface area contributed by atoms with Gasteiger partial charge >= 0.3 is 0 Å². The smallest absolute Gasteiger partial charge is 0.151 e. The largest absolute Gasteiger partial charge is 0.399 e. The molecule has 1 aromatic rings. The van der Waals surface area contributed by atoms with E-state index in [-0.39, 0.29) is 6.04 Å². The van der Waals surface area contributed by atoms with Crippen LogP contribution in [0.15, 0.2) is 24.3 Å². The summed E-state index contributed by atoms with van der Waals surface area (Å²) >= 11 is 0. The summed E-state index contributed by atoms with van der Waals surface area (Å²) in [6.07, 6.45) is 3.17. The van der Waals surface area contributed by atoms with Crippen LogP contribution in [-0.4, -0.2) is 36.9 Å². The van der Waals surface area contributed by atoms with Crippen molar-refractivity contribution in [2.24, 2.45) is 0 Å². The molecule has 0 amide bonds. The number of nitrogens with zero attached hydrogens (tertiary/aromatic N) is 1. The SMILES string of the molecule is Nc1cccc(CN(C2CC2)C2CCS(=O)(=O)C2)c1. The molecule has 19 heavy (non-hydrogen) atoms. The number of anilines is 1. The zero-order valence-electron chi connectivity index (χ0n) is 11.0. The summed E-state index contributed by atoms with van der Waals surface area (Å²) < 4.78 is 23.3. The summed E-state index contributed by atoms with van der Waals surface area (Å²) in [5.74, 6) is 0.670. The van der Waals surface area contributed by atoms with Crippen LogP contribution in [0.25, 0.3) is 0 Å². The molecule has 0 radical (unpaired) electrons. The molecule has 1 unspecified atom stereocenters. The monoisotopic (exact) mass is 280 g/mol. The summed E-state index contributed by atoms with van der Waals surface area (Å²) in [4.78, 5) is 2.37. The standard InChI is InChI=1S/C14H20N2O2S/c15-12-3-1-2-11(8-12)9-16(13-4-5-13)14-6-7-19(17,18)10-14/h1-3,8,13-14H,4-7,9-10,15H2. The maximum absolute atomic E-state index is 11.6. The maximum atomic E-state index is 11.6. The Kier molecular flexibility index (Phi) is 3.27. The van der Waals surface area contributed by atoms with Crippen molar-refractivity contribution < 1.29 is 8.42 Å². The molecule has 104 valence electrons. The number of hydrogen-bond donors (Lipinski definition) is 1. The second-order valence-electron chi connectivity index (χ2n) is 5.71. The van der Waals surface area contributed by atoms with Crippen LogP contribution in [0.4, 0.5) is 5.69 Å². The lowest BCUT2D eigenvalue weighted by molar-refractivity contribution is 0.193. The van der Waals surface area contributed by atoms with Crippen molar-refractivity contribution >= 4 is 15.5 Å². The molecule has 1 atom stereocenters. The van der Waals surface area contributed by atoms with E-state index < -0.39 is 9.84 Å². The van der Waals surface area contributed by atoms with E-state index in [2.05, 4.69) is 11.0 Å². The van der Waals surface area contributed by atoms with Crippen molar-refractivity contribution in [1.29, 1.82) is 0 Å². The maximum Gasteiger partial charge on any atom is 0.151 e. The fourth-order valence-corrected chi connectivity index (χ4v) is 4.64. The Morgan fingerprint density at radius 3 is 2.58 bits per heavy atom. The lowest BCUT2D eigenvalue weighted by Gasteiger charge is -2.28. The Morgan fingerprint density at radius 1 is 1.21 bits per heavy atom. The first kappa shape index (κ1) is 12.9. The predicted octanol–water partition coefficient (Wildman–Crippen LogP) is 1.42. The number of nitrogens with two attached hydrogens (primary N) is 1. The van der Waals surface area contributed by atoms with E-state index >= 15 is 0 Å². The molecule has 1 heterocycles. The molecule has 2 aliphatic rings. The normalized spacial score (nSPS) is 25.8. The van der Waals surface area contributed by atoms with Crippen LogP contribution < -0.4 is 5.73 Å². The van der Waals surface area contributed by atoms with Gasteiger partial charge < -0.3 is 5.73 Å². The minimum absolute atomic E-state index is 0.193. The van der Waals surface area contributed by atoms with Gasteiger partial charge in [-0.1, -0.05) is 12.1 Å². The molecule has 1 aliphatic heterocycles. The summed E-state index contributed by atoms with van der Waals surface area (Å²) in [7, 11) is -2.81. The van der Waals surface area contributed by atoms with Crippen LogP contribution in [0.3, 0.4) is 0 Å². The zero-order valence-corrected chi connectivity index (χ0v) is 11.8. The van der Waals surface area contributed by atoms with E-state index in [1.54, 1.807) is 0 Å². The third-order valence-electron chi connectivity index (χ3n) is 4.01. The van der Waals surface area contributed by atoms with Gasteiger partial charge in [-0.05, 0) is 37.0 Å². The van der Waals surface area contributed by atoms with Crippen LogP contribution >= 0.6 is 0 Å². The number of sulfone groups is 1. The first-order chi connectivity index (χ1) is 9.03. The van der Waals surface area contributed by atoms with Gasteiger partial charge in [0.2, 0.25) is 0 Å². The number of benzene rings is 1. The van der Waals surface area contributed by atoms with Gasteiger partial charge in [0.25, 0.3) is 0 Å². The van der Waals surface area contributed by atoms with Crippen molar-refractivity contribution in [1.82, 2.24) is 4.90 Å². The van der Waals surface area contributed by atoms with Gasteiger partial charge in [-0.25, -0.2) is 8.42 Å².